The van der Waals surface area contributed by atoms with E-state index in [0.717, 1.165) is 6.42 Å². The molecular formula is C11H28N2. The summed E-state index contributed by atoms with van der Waals surface area (Å²) in [7, 11) is 0. The summed E-state index contributed by atoms with van der Waals surface area (Å²) in [6.07, 6.45) is 8.66. The van der Waals surface area contributed by atoms with Crippen molar-refractivity contribution in [2.24, 2.45) is 5.73 Å². The van der Waals surface area contributed by atoms with Crippen LogP contribution in [0.5, 0.6) is 0 Å². The first-order chi connectivity index (χ1) is 5.68. The van der Waals surface area contributed by atoms with Gasteiger partial charge in [0.25, 0.3) is 0 Å². The molecule has 0 atom stereocenters. The average Bonchev–Trinajstić information content (AvgIpc) is 2.11. The summed E-state index contributed by atoms with van der Waals surface area (Å²) in [6.45, 7) is 6.68. The summed E-state index contributed by atoms with van der Waals surface area (Å²) in [5.74, 6) is 0. The lowest BCUT2D eigenvalue weighted by Gasteiger charge is -2.28. The highest BCUT2D eigenvalue weighted by molar-refractivity contribution is 4.81. The second kappa shape index (κ2) is 8.52. The van der Waals surface area contributed by atoms with Crippen molar-refractivity contribution in [1.82, 2.24) is 6.15 Å². The van der Waals surface area contributed by atoms with Crippen LogP contribution in [0.15, 0.2) is 0 Å². The van der Waals surface area contributed by atoms with Crippen molar-refractivity contribution in [3.05, 3.63) is 0 Å². The molecule has 2 heteroatoms. The van der Waals surface area contributed by atoms with Gasteiger partial charge in [-0.05, 0) is 19.3 Å². The van der Waals surface area contributed by atoms with Gasteiger partial charge in [-0.15, -0.1) is 0 Å². The van der Waals surface area contributed by atoms with Crippen LogP contribution in [0.25, 0.3) is 0 Å². The first-order valence-corrected chi connectivity index (χ1v) is 5.47. The Balaban J connectivity index is 0. The van der Waals surface area contributed by atoms with Crippen molar-refractivity contribution < 1.29 is 0 Å². The molecule has 0 saturated heterocycles. The minimum absolute atomic E-state index is 0. The monoisotopic (exact) mass is 188 g/mol. The lowest BCUT2D eigenvalue weighted by Crippen LogP contribution is -2.38. The molecule has 0 aromatic heterocycles. The molecule has 0 fully saturated rings. The van der Waals surface area contributed by atoms with Crippen LogP contribution in [0.4, 0.5) is 0 Å². The minimum Gasteiger partial charge on any atom is -0.344 e. The molecule has 0 radical (unpaired) electrons. The Kier molecular flexibility index (Phi) is 10.1. The average molecular weight is 188 g/mol. The van der Waals surface area contributed by atoms with Gasteiger partial charge in [-0.1, -0.05) is 46.5 Å². The maximum atomic E-state index is 6.27. The van der Waals surface area contributed by atoms with Gasteiger partial charge in [-0.2, -0.15) is 0 Å². The van der Waals surface area contributed by atoms with Gasteiger partial charge in [0, 0.05) is 5.54 Å². The van der Waals surface area contributed by atoms with Crippen molar-refractivity contribution in [2.75, 3.05) is 0 Å². The second-order valence-corrected chi connectivity index (χ2v) is 3.92. The van der Waals surface area contributed by atoms with E-state index in [9.17, 15) is 0 Å². The van der Waals surface area contributed by atoms with Crippen LogP contribution < -0.4 is 11.9 Å². The van der Waals surface area contributed by atoms with Crippen LogP contribution in [0.2, 0.25) is 0 Å². The summed E-state index contributed by atoms with van der Waals surface area (Å²) >= 11 is 0. The summed E-state index contributed by atoms with van der Waals surface area (Å²) in [4.78, 5) is 0. The maximum absolute atomic E-state index is 6.27. The summed E-state index contributed by atoms with van der Waals surface area (Å²) in [5.41, 5.74) is 6.41. The van der Waals surface area contributed by atoms with Crippen molar-refractivity contribution in [1.29, 1.82) is 0 Å². The number of rotatable bonds is 7. The van der Waals surface area contributed by atoms with Gasteiger partial charge in [0.1, 0.15) is 0 Å². The van der Waals surface area contributed by atoms with Crippen LogP contribution in [0, 0.1) is 0 Å². The molecule has 0 bridgehead atoms. The van der Waals surface area contributed by atoms with Crippen molar-refractivity contribution in [3.8, 4) is 0 Å². The fraction of sp³-hybridized carbons (Fsp3) is 1.00. The normalized spacial score (nSPS) is 11.1. The van der Waals surface area contributed by atoms with E-state index in [2.05, 4.69) is 20.8 Å². The quantitative estimate of drug-likeness (QED) is 0.640. The number of hydrogen-bond donors (Lipinski definition) is 2. The molecular weight excluding hydrogens is 160 g/mol. The molecule has 0 aliphatic carbocycles. The Morgan fingerprint density at radius 1 is 0.923 bits per heavy atom. The van der Waals surface area contributed by atoms with Gasteiger partial charge >= 0.3 is 0 Å². The predicted octanol–water partition coefficient (Wildman–Crippen LogP) is 3.64. The molecule has 0 spiro atoms. The third-order valence-corrected chi connectivity index (χ3v) is 2.76. The van der Waals surface area contributed by atoms with E-state index in [1.54, 1.807) is 0 Å². The zero-order chi connectivity index (χ0) is 9.45. The van der Waals surface area contributed by atoms with Gasteiger partial charge in [0.2, 0.25) is 0 Å². The Morgan fingerprint density at radius 2 is 1.31 bits per heavy atom. The highest BCUT2D eigenvalue weighted by Gasteiger charge is 2.20. The Labute approximate surface area is 83.9 Å². The molecule has 0 saturated carbocycles. The van der Waals surface area contributed by atoms with E-state index in [-0.39, 0.29) is 11.7 Å². The molecule has 82 valence electrons. The molecule has 0 amide bonds. The van der Waals surface area contributed by atoms with Crippen molar-refractivity contribution >= 4 is 0 Å². The minimum atomic E-state index is 0. The van der Waals surface area contributed by atoms with Crippen molar-refractivity contribution in [3.63, 3.8) is 0 Å². The maximum Gasteiger partial charge on any atom is 0.0151 e. The molecule has 0 aliphatic rings. The van der Waals surface area contributed by atoms with Crippen LogP contribution in [0.1, 0.15) is 65.7 Å². The van der Waals surface area contributed by atoms with E-state index >= 15 is 0 Å². The third kappa shape index (κ3) is 7.03. The SMILES string of the molecule is CCCCC(N)(CC)CCCC.N. The summed E-state index contributed by atoms with van der Waals surface area (Å²) < 4.78 is 0. The number of nitrogens with two attached hydrogens (primary N) is 1. The molecule has 13 heavy (non-hydrogen) atoms. The molecule has 0 aliphatic heterocycles. The van der Waals surface area contributed by atoms with Gasteiger partial charge < -0.3 is 11.9 Å². The van der Waals surface area contributed by atoms with E-state index < -0.39 is 0 Å². The van der Waals surface area contributed by atoms with Gasteiger partial charge in [0.05, 0.1) is 0 Å². The molecule has 0 aromatic rings. The van der Waals surface area contributed by atoms with E-state index in [4.69, 9.17) is 5.73 Å². The highest BCUT2D eigenvalue weighted by atomic mass is 14.7. The Hall–Kier alpha value is -0.0800. The van der Waals surface area contributed by atoms with Crippen LogP contribution in [-0.4, -0.2) is 5.54 Å². The van der Waals surface area contributed by atoms with Crippen LogP contribution >= 0.6 is 0 Å². The fourth-order valence-corrected chi connectivity index (χ4v) is 1.54. The highest BCUT2D eigenvalue weighted by Crippen LogP contribution is 2.21. The first kappa shape index (κ1) is 15.4. The van der Waals surface area contributed by atoms with Crippen molar-refractivity contribution in [2.45, 2.75) is 71.3 Å². The summed E-state index contributed by atoms with van der Waals surface area (Å²) in [6, 6.07) is 0. The van der Waals surface area contributed by atoms with E-state index in [0.29, 0.717) is 0 Å². The largest absolute Gasteiger partial charge is 0.344 e. The summed E-state index contributed by atoms with van der Waals surface area (Å²) in [5, 5.41) is 0. The molecule has 2 nitrogen and oxygen atoms in total. The van der Waals surface area contributed by atoms with Gasteiger partial charge in [-0.3, -0.25) is 0 Å². The zero-order valence-electron chi connectivity index (χ0n) is 9.73. The lowest BCUT2D eigenvalue weighted by molar-refractivity contribution is 0.333. The number of hydrogen-bond acceptors (Lipinski definition) is 2. The lowest BCUT2D eigenvalue weighted by atomic mass is 9.86. The molecule has 0 heterocycles. The molecule has 0 unspecified atom stereocenters. The Bertz CT molecular complexity index is 94.3. The Morgan fingerprint density at radius 3 is 1.54 bits per heavy atom. The topological polar surface area (TPSA) is 61.0 Å². The first-order valence-electron chi connectivity index (χ1n) is 5.47. The molecule has 0 rings (SSSR count). The van der Waals surface area contributed by atoms with Crippen LogP contribution in [0.3, 0.4) is 0 Å². The molecule has 5 N–H and O–H groups in total. The fourth-order valence-electron chi connectivity index (χ4n) is 1.54. The third-order valence-electron chi connectivity index (χ3n) is 2.76. The number of unbranched alkanes of at least 4 members (excludes halogenated alkanes) is 2. The standard InChI is InChI=1S/C11H25N.H3N/c1-4-7-9-11(12,6-3)10-8-5-2;/h4-10,12H2,1-3H3;1H3. The molecule has 0 aromatic carbocycles. The van der Waals surface area contributed by atoms with Gasteiger partial charge in [-0.25, -0.2) is 0 Å². The smallest absolute Gasteiger partial charge is 0.0151 e. The van der Waals surface area contributed by atoms with E-state index in [1.807, 2.05) is 0 Å². The van der Waals surface area contributed by atoms with E-state index in [1.165, 1.54) is 38.5 Å². The van der Waals surface area contributed by atoms with Crippen LogP contribution in [-0.2, 0) is 0 Å². The predicted molar refractivity (Wildman–Crippen MR) is 61.3 cm³/mol. The van der Waals surface area contributed by atoms with Gasteiger partial charge in [0.15, 0.2) is 0 Å². The zero-order valence-corrected chi connectivity index (χ0v) is 9.73. The second-order valence-electron chi connectivity index (χ2n) is 3.92.